The Balaban J connectivity index is 1.92. The van der Waals surface area contributed by atoms with Crippen LogP contribution in [0.4, 0.5) is 10.1 Å². The molecule has 3 atom stereocenters. The summed E-state index contributed by atoms with van der Waals surface area (Å²) < 4.78 is 30.6. The van der Waals surface area contributed by atoms with Crippen LogP contribution in [0.3, 0.4) is 0 Å². The van der Waals surface area contributed by atoms with Crippen LogP contribution in [0, 0.1) is 11.7 Å². The van der Waals surface area contributed by atoms with Crippen LogP contribution in [0.5, 0.6) is 5.75 Å². The SMILES string of the molecule is COCC(=O)Nc1ccc2c(c1)C(=O)N(C)C[C@@H](OC)[C@@H](C)CN(Cc1cccc(F)c1)[C@@H](C)CO2. The van der Waals surface area contributed by atoms with E-state index in [1.807, 2.05) is 13.0 Å². The van der Waals surface area contributed by atoms with E-state index in [4.69, 9.17) is 14.2 Å². The average Bonchev–Trinajstić information content (AvgIpc) is 2.84. The first-order valence-corrected chi connectivity index (χ1v) is 12.0. The molecule has 196 valence electrons. The first-order valence-electron chi connectivity index (χ1n) is 12.0. The van der Waals surface area contributed by atoms with Gasteiger partial charge in [-0.25, -0.2) is 4.39 Å². The van der Waals surface area contributed by atoms with E-state index < -0.39 is 0 Å². The maximum Gasteiger partial charge on any atom is 0.257 e. The van der Waals surface area contributed by atoms with Crippen LogP contribution in [0.15, 0.2) is 42.5 Å². The summed E-state index contributed by atoms with van der Waals surface area (Å²) in [4.78, 5) is 29.3. The molecule has 0 fully saturated rings. The second kappa shape index (κ2) is 12.8. The molecule has 0 aliphatic carbocycles. The number of halogens is 1. The molecule has 1 N–H and O–H groups in total. The number of methoxy groups -OCH3 is 2. The summed E-state index contributed by atoms with van der Waals surface area (Å²) in [5, 5.41) is 2.74. The highest BCUT2D eigenvalue weighted by molar-refractivity contribution is 5.99. The number of hydrogen-bond donors (Lipinski definition) is 1. The maximum atomic E-state index is 13.8. The minimum Gasteiger partial charge on any atom is -0.491 e. The van der Waals surface area contributed by atoms with E-state index in [2.05, 4.69) is 17.1 Å². The molecule has 9 heteroatoms. The summed E-state index contributed by atoms with van der Waals surface area (Å²) >= 11 is 0. The van der Waals surface area contributed by atoms with Crippen molar-refractivity contribution in [3.63, 3.8) is 0 Å². The molecule has 1 heterocycles. The van der Waals surface area contributed by atoms with E-state index in [0.717, 1.165) is 5.56 Å². The molecule has 0 bridgehead atoms. The van der Waals surface area contributed by atoms with Crippen molar-refractivity contribution in [2.45, 2.75) is 32.5 Å². The van der Waals surface area contributed by atoms with Gasteiger partial charge in [-0.15, -0.1) is 0 Å². The first kappa shape index (κ1) is 27.6. The number of amides is 2. The van der Waals surface area contributed by atoms with Crippen molar-refractivity contribution in [1.29, 1.82) is 0 Å². The van der Waals surface area contributed by atoms with Crippen molar-refractivity contribution in [2.75, 3.05) is 52.9 Å². The molecule has 1 aliphatic heterocycles. The van der Waals surface area contributed by atoms with Gasteiger partial charge < -0.3 is 24.4 Å². The summed E-state index contributed by atoms with van der Waals surface area (Å²) in [6.07, 6.45) is -0.213. The van der Waals surface area contributed by atoms with Crippen molar-refractivity contribution in [2.24, 2.45) is 5.92 Å². The van der Waals surface area contributed by atoms with E-state index in [1.165, 1.54) is 13.2 Å². The van der Waals surface area contributed by atoms with Gasteiger partial charge in [0.05, 0.1) is 11.7 Å². The Kier molecular flexibility index (Phi) is 9.81. The Labute approximate surface area is 212 Å². The highest BCUT2D eigenvalue weighted by Gasteiger charge is 2.28. The van der Waals surface area contributed by atoms with Crippen LogP contribution in [-0.4, -0.2) is 81.3 Å². The first-order chi connectivity index (χ1) is 17.2. The van der Waals surface area contributed by atoms with Crippen LogP contribution in [0.25, 0.3) is 0 Å². The molecule has 2 aromatic rings. The van der Waals surface area contributed by atoms with Crippen LogP contribution >= 0.6 is 0 Å². The number of nitrogens with zero attached hydrogens (tertiary/aromatic N) is 2. The van der Waals surface area contributed by atoms with Gasteiger partial charge in [0.25, 0.3) is 5.91 Å². The van der Waals surface area contributed by atoms with E-state index >= 15 is 0 Å². The highest BCUT2D eigenvalue weighted by Crippen LogP contribution is 2.27. The van der Waals surface area contributed by atoms with Gasteiger partial charge in [0.1, 0.15) is 24.8 Å². The molecule has 2 aromatic carbocycles. The zero-order valence-electron chi connectivity index (χ0n) is 21.6. The lowest BCUT2D eigenvalue weighted by molar-refractivity contribution is -0.119. The number of carbonyl (C=O) groups is 2. The van der Waals surface area contributed by atoms with Crippen molar-refractivity contribution in [1.82, 2.24) is 9.80 Å². The maximum absolute atomic E-state index is 13.8. The third-order valence-electron chi connectivity index (χ3n) is 6.41. The van der Waals surface area contributed by atoms with Gasteiger partial charge in [-0.05, 0) is 48.7 Å². The molecule has 1 aliphatic rings. The third-order valence-corrected chi connectivity index (χ3v) is 6.41. The number of anilines is 1. The van der Waals surface area contributed by atoms with E-state index in [-0.39, 0.29) is 42.3 Å². The van der Waals surface area contributed by atoms with Crippen LogP contribution < -0.4 is 10.1 Å². The molecule has 0 aromatic heterocycles. The molecular weight excluding hydrogens is 465 g/mol. The fourth-order valence-electron chi connectivity index (χ4n) is 4.35. The topological polar surface area (TPSA) is 80.3 Å². The molecule has 3 rings (SSSR count). The molecular formula is C27H36FN3O5. The fourth-order valence-corrected chi connectivity index (χ4v) is 4.35. The van der Waals surface area contributed by atoms with Gasteiger partial charge in [-0.3, -0.25) is 14.5 Å². The van der Waals surface area contributed by atoms with Gasteiger partial charge >= 0.3 is 0 Å². The lowest BCUT2D eigenvalue weighted by Gasteiger charge is -2.36. The molecule has 8 nitrogen and oxygen atoms in total. The second-order valence-corrected chi connectivity index (χ2v) is 9.35. The minimum atomic E-state index is -0.317. The lowest BCUT2D eigenvalue weighted by atomic mass is 10.0. The van der Waals surface area contributed by atoms with Crippen LogP contribution in [0.2, 0.25) is 0 Å². The van der Waals surface area contributed by atoms with Crippen LogP contribution in [0.1, 0.15) is 29.8 Å². The largest absolute Gasteiger partial charge is 0.491 e. The Hall–Kier alpha value is -3.01. The summed E-state index contributed by atoms with van der Waals surface area (Å²) in [7, 11) is 4.81. The van der Waals surface area contributed by atoms with Gasteiger partial charge in [0.2, 0.25) is 5.91 Å². The fraction of sp³-hybridized carbons (Fsp3) is 0.481. The molecule has 0 radical (unpaired) electrons. The van der Waals surface area contributed by atoms with E-state index in [9.17, 15) is 14.0 Å². The monoisotopic (exact) mass is 501 g/mol. The molecule has 0 saturated heterocycles. The molecule has 0 spiro atoms. The molecule has 0 unspecified atom stereocenters. The normalized spacial score (nSPS) is 21.7. The summed E-state index contributed by atoms with van der Waals surface area (Å²) in [6, 6.07) is 11.6. The van der Waals surface area contributed by atoms with Crippen molar-refractivity contribution in [3.05, 3.63) is 59.4 Å². The molecule has 36 heavy (non-hydrogen) atoms. The summed E-state index contributed by atoms with van der Waals surface area (Å²) in [5.41, 5.74) is 1.70. The number of rotatable bonds is 6. The highest BCUT2D eigenvalue weighted by atomic mass is 19.1. The predicted molar refractivity (Wildman–Crippen MR) is 136 cm³/mol. The van der Waals surface area contributed by atoms with E-state index in [0.29, 0.717) is 43.2 Å². The number of carbonyl (C=O) groups excluding carboxylic acids is 2. The Morgan fingerprint density at radius 2 is 1.94 bits per heavy atom. The number of nitrogens with one attached hydrogen (secondary N) is 1. The third kappa shape index (κ3) is 7.25. The Morgan fingerprint density at radius 1 is 1.17 bits per heavy atom. The number of fused-ring (bicyclic) bond motifs is 1. The Bertz CT molecular complexity index is 1050. The van der Waals surface area contributed by atoms with Gasteiger partial charge in [-0.2, -0.15) is 0 Å². The number of ether oxygens (including phenoxy) is 3. The van der Waals surface area contributed by atoms with Crippen LogP contribution in [-0.2, 0) is 20.8 Å². The average molecular weight is 502 g/mol. The Morgan fingerprint density at radius 3 is 2.64 bits per heavy atom. The number of benzene rings is 2. The van der Waals surface area contributed by atoms with Gasteiger partial charge in [-0.1, -0.05) is 19.1 Å². The predicted octanol–water partition coefficient (Wildman–Crippen LogP) is 3.42. The van der Waals surface area contributed by atoms with Gasteiger partial charge in [0, 0.05) is 52.6 Å². The number of likely N-dealkylation sites (N-methyl/N-ethyl adjacent to an activating group) is 1. The number of hydrogen-bond acceptors (Lipinski definition) is 6. The molecule has 2 amide bonds. The van der Waals surface area contributed by atoms with Gasteiger partial charge in [0.15, 0.2) is 0 Å². The van der Waals surface area contributed by atoms with Crippen molar-refractivity contribution < 1.29 is 28.2 Å². The zero-order valence-corrected chi connectivity index (χ0v) is 21.6. The molecule has 0 saturated carbocycles. The standard InChI is InChI=1S/C27H36FN3O5/c1-18-13-31(14-20-7-6-8-21(28)11-20)19(2)16-36-24-10-9-22(29-26(32)17-34-4)12-23(24)27(33)30(3)15-25(18)35-5/h6-12,18-19,25H,13-17H2,1-5H3,(H,29,32)/t18-,19-,25+/m0/s1. The summed E-state index contributed by atoms with van der Waals surface area (Å²) in [5.74, 6) is -0.304. The van der Waals surface area contributed by atoms with Crippen molar-refractivity contribution in [3.8, 4) is 5.75 Å². The second-order valence-electron chi connectivity index (χ2n) is 9.35. The summed E-state index contributed by atoms with van der Waals surface area (Å²) in [6.45, 7) is 5.97. The smallest absolute Gasteiger partial charge is 0.257 e. The van der Waals surface area contributed by atoms with E-state index in [1.54, 1.807) is 49.4 Å². The minimum absolute atomic E-state index is 0.0330. The van der Waals surface area contributed by atoms with Crippen molar-refractivity contribution >= 4 is 17.5 Å². The zero-order chi connectivity index (χ0) is 26.2. The quantitative estimate of drug-likeness (QED) is 0.654. The lowest BCUT2D eigenvalue weighted by Crippen LogP contribution is -2.46.